The lowest BCUT2D eigenvalue weighted by atomic mass is 10.3. The number of nitrogens with one attached hydrogen (secondary N) is 1. The van der Waals surface area contributed by atoms with Crippen LogP contribution in [0, 0.1) is 6.92 Å². The Balaban J connectivity index is 2.15. The van der Waals surface area contributed by atoms with Crippen LogP contribution < -0.4 is 16.7 Å². The SMILES string of the molecule is Cc1cnc(=O)n(CC(=O)Nc2cc(N)ccc2Cl)c1. The number of anilines is 2. The van der Waals surface area contributed by atoms with E-state index in [1.807, 2.05) is 0 Å². The molecule has 0 aliphatic heterocycles. The lowest BCUT2D eigenvalue weighted by Crippen LogP contribution is -2.29. The van der Waals surface area contributed by atoms with Gasteiger partial charge >= 0.3 is 5.69 Å². The van der Waals surface area contributed by atoms with E-state index in [2.05, 4.69) is 10.3 Å². The Bertz CT molecular complexity index is 712. The number of amides is 1. The van der Waals surface area contributed by atoms with E-state index in [1.165, 1.54) is 10.8 Å². The topological polar surface area (TPSA) is 90.0 Å². The van der Waals surface area contributed by atoms with Gasteiger partial charge < -0.3 is 11.1 Å². The average Bonchev–Trinajstić information content (AvgIpc) is 2.38. The van der Waals surface area contributed by atoms with E-state index in [0.29, 0.717) is 16.4 Å². The predicted octanol–water partition coefficient (Wildman–Crippen LogP) is 1.43. The van der Waals surface area contributed by atoms with Crippen LogP contribution in [0.3, 0.4) is 0 Å². The van der Waals surface area contributed by atoms with E-state index < -0.39 is 5.69 Å². The Morgan fingerprint density at radius 1 is 1.50 bits per heavy atom. The minimum Gasteiger partial charge on any atom is -0.399 e. The molecule has 1 aromatic carbocycles. The van der Waals surface area contributed by atoms with Gasteiger partial charge in [0.1, 0.15) is 6.54 Å². The number of nitrogen functional groups attached to an aromatic ring is 1. The third-order valence-electron chi connectivity index (χ3n) is 2.56. The maximum Gasteiger partial charge on any atom is 0.347 e. The Kier molecular flexibility index (Phi) is 4.05. The van der Waals surface area contributed by atoms with Gasteiger partial charge in [-0.25, -0.2) is 9.78 Å². The fraction of sp³-hybridized carbons (Fsp3) is 0.154. The highest BCUT2D eigenvalue weighted by molar-refractivity contribution is 6.33. The summed E-state index contributed by atoms with van der Waals surface area (Å²) in [6.07, 6.45) is 3.02. The minimum absolute atomic E-state index is 0.140. The second kappa shape index (κ2) is 5.75. The minimum atomic E-state index is -0.482. The summed E-state index contributed by atoms with van der Waals surface area (Å²) >= 11 is 5.95. The first-order chi connectivity index (χ1) is 9.45. The average molecular weight is 293 g/mol. The molecule has 1 amide bonds. The third-order valence-corrected chi connectivity index (χ3v) is 2.89. The molecule has 0 spiro atoms. The van der Waals surface area contributed by atoms with Gasteiger partial charge in [0.05, 0.1) is 10.7 Å². The Morgan fingerprint density at radius 2 is 2.25 bits per heavy atom. The molecular formula is C13H13ClN4O2. The number of hydrogen-bond donors (Lipinski definition) is 2. The molecule has 104 valence electrons. The van der Waals surface area contributed by atoms with Crippen molar-refractivity contribution in [1.29, 1.82) is 0 Å². The first kappa shape index (κ1) is 14.1. The van der Waals surface area contributed by atoms with Crippen LogP contribution in [-0.4, -0.2) is 15.5 Å². The number of rotatable bonds is 3. The van der Waals surface area contributed by atoms with Crippen LogP contribution in [0.15, 0.2) is 35.4 Å². The zero-order valence-electron chi connectivity index (χ0n) is 10.8. The molecule has 20 heavy (non-hydrogen) atoms. The van der Waals surface area contributed by atoms with Crippen molar-refractivity contribution >= 4 is 28.9 Å². The normalized spacial score (nSPS) is 10.3. The summed E-state index contributed by atoms with van der Waals surface area (Å²) in [4.78, 5) is 27.1. The molecule has 0 radical (unpaired) electrons. The van der Waals surface area contributed by atoms with Gasteiger partial charge in [0.25, 0.3) is 0 Å². The smallest absolute Gasteiger partial charge is 0.347 e. The summed E-state index contributed by atoms with van der Waals surface area (Å²) in [5.74, 6) is -0.382. The molecule has 0 saturated heterocycles. The largest absolute Gasteiger partial charge is 0.399 e. The van der Waals surface area contributed by atoms with Crippen molar-refractivity contribution in [2.45, 2.75) is 13.5 Å². The number of nitrogens with zero attached hydrogens (tertiary/aromatic N) is 2. The zero-order valence-corrected chi connectivity index (χ0v) is 11.5. The molecule has 2 aromatic rings. The number of aryl methyl sites for hydroxylation is 1. The van der Waals surface area contributed by atoms with Gasteiger partial charge in [-0.15, -0.1) is 0 Å². The van der Waals surface area contributed by atoms with Crippen molar-refractivity contribution in [2.24, 2.45) is 0 Å². The summed E-state index contributed by atoms with van der Waals surface area (Å²) in [5.41, 5.74) is 6.83. The van der Waals surface area contributed by atoms with Gasteiger partial charge in [0.15, 0.2) is 0 Å². The van der Waals surface area contributed by atoms with Crippen molar-refractivity contribution in [2.75, 3.05) is 11.1 Å². The van der Waals surface area contributed by atoms with Crippen molar-refractivity contribution < 1.29 is 4.79 Å². The lowest BCUT2D eigenvalue weighted by Gasteiger charge is -2.09. The van der Waals surface area contributed by atoms with Gasteiger partial charge in [-0.2, -0.15) is 0 Å². The molecule has 1 heterocycles. The molecule has 0 aliphatic carbocycles. The van der Waals surface area contributed by atoms with E-state index in [4.69, 9.17) is 17.3 Å². The van der Waals surface area contributed by atoms with Crippen LogP contribution in [0.1, 0.15) is 5.56 Å². The van der Waals surface area contributed by atoms with E-state index in [-0.39, 0.29) is 12.5 Å². The molecule has 0 bridgehead atoms. The number of aromatic nitrogens is 2. The number of carbonyl (C=O) groups excluding carboxylic acids is 1. The second-order valence-electron chi connectivity index (χ2n) is 4.33. The van der Waals surface area contributed by atoms with Gasteiger partial charge in [-0.05, 0) is 30.7 Å². The second-order valence-corrected chi connectivity index (χ2v) is 4.74. The van der Waals surface area contributed by atoms with E-state index in [0.717, 1.165) is 5.56 Å². The van der Waals surface area contributed by atoms with Crippen LogP contribution >= 0.6 is 11.6 Å². The number of hydrogen-bond acceptors (Lipinski definition) is 4. The summed E-state index contributed by atoms with van der Waals surface area (Å²) in [7, 11) is 0. The Labute approximate surface area is 120 Å². The Morgan fingerprint density at radius 3 is 3.00 bits per heavy atom. The zero-order chi connectivity index (χ0) is 14.7. The summed E-state index contributed by atoms with van der Waals surface area (Å²) < 4.78 is 1.23. The van der Waals surface area contributed by atoms with E-state index in [9.17, 15) is 9.59 Å². The molecule has 0 saturated carbocycles. The molecule has 0 fully saturated rings. The van der Waals surface area contributed by atoms with Crippen molar-refractivity contribution in [3.05, 3.63) is 51.7 Å². The number of nitrogens with two attached hydrogens (primary N) is 1. The molecule has 6 nitrogen and oxygen atoms in total. The third kappa shape index (κ3) is 3.36. The quantitative estimate of drug-likeness (QED) is 0.837. The molecule has 7 heteroatoms. The fourth-order valence-electron chi connectivity index (χ4n) is 1.66. The van der Waals surface area contributed by atoms with Crippen LogP contribution in [0.25, 0.3) is 0 Å². The number of carbonyl (C=O) groups is 1. The first-order valence-corrected chi connectivity index (χ1v) is 6.21. The highest BCUT2D eigenvalue weighted by Gasteiger charge is 2.08. The maximum atomic E-state index is 11.9. The van der Waals surface area contributed by atoms with Gasteiger partial charge in [-0.1, -0.05) is 11.6 Å². The number of benzene rings is 1. The highest BCUT2D eigenvalue weighted by atomic mass is 35.5. The molecule has 0 aliphatic rings. The molecule has 0 unspecified atom stereocenters. The Hall–Kier alpha value is -2.34. The highest BCUT2D eigenvalue weighted by Crippen LogP contribution is 2.23. The summed E-state index contributed by atoms with van der Waals surface area (Å²) in [6.45, 7) is 1.65. The fourth-order valence-corrected chi connectivity index (χ4v) is 1.83. The molecule has 3 N–H and O–H groups in total. The molecule has 2 rings (SSSR count). The molecule has 0 atom stereocenters. The number of halogens is 1. The van der Waals surface area contributed by atoms with Crippen molar-refractivity contribution in [3.8, 4) is 0 Å². The van der Waals surface area contributed by atoms with E-state index >= 15 is 0 Å². The van der Waals surface area contributed by atoms with Crippen molar-refractivity contribution in [1.82, 2.24) is 9.55 Å². The molecular weight excluding hydrogens is 280 g/mol. The first-order valence-electron chi connectivity index (χ1n) is 5.83. The van der Waals surface area contributed by atoms with E-state index in [1.54, 1.807) is 31.3 Å². The van der Waals surface area contributed by atoms with Crippen LogP contribution in [0.4, 0.5) is 11.4 Å². The summed E-state index contributed by atoms with van der Waals surface area (Å²) in [6, 6.07) is 4.78. The predicted molar refractivity (Wildman–Crippen MR) is 77.7 cm³/mol. The van der Waals surface area contributed by atoms with Crippen molar-refractivity contribution in [3.63, 3.8) is 0 Å². The van der Waals surface area contributed by atoms with Crippen LogP contribution in [0.5, 0.6) is 0 Å². The standard InChI is InChI=1S/C13H13ClN4O2/c1-8-5-16-13(20)18(6-8)7-12(19)17-11-4-9(15)2-3-10(11)14/h2-6H,7,15H2,1H3,(H,17,19). The lowest BCUT2D eigenvalue weighted by molar-refractivity contribution is -0.116. The van der Waals surface area contributed by atoms with Gasteiger partial charge in [0, 0.05) is 18.1 Å². The van der Waals surface area contributed by atoms with Gasteiger partial charge in [0.2, 0.25) is 5.91 Å². The van der Waals surface area contributed by atoms with Crippen LogP contribution in [-0.2, 0) is 11.3 Å². The monoisotopic (exact) mass is 292 g/mol. The summed E-state index contributed by atoms with van der Waals surface area (Å²) in [5, 5.41) is 2.98. The molecule has 1 aromatic heterocycles. The maximum absolute atomic E-state index is 11.9. The van der Waals surface area contributed by atoms with Gasteiger partial charge in [-0.3, -0.25) is 9.36 Å². The van der Waals surface area contributed by atoms with Crippen LogP contribution in [0.2, 0.25) is 5.02 Å².